The third kappa shape index (κ3) is 3.69. The molecular weight excluding hydrogens is 504 g/mol. The molecule has 41 heavy (non-hydrogen) atoms. The highest BCUT2D eigenvalue weighted by Gasteiger charge is 2.69. The van der Waals surface area contributed by atoms with Crippen molar-refractivity contribution >= 4 is 11.8 Å². The molecule has 6 atom stereocenters. The molecular formula is C37H56N2O2. The lowest BCUT2D eigenvalue weighted by Gasteiger charge is -2.68. The van der Waals surface area contributed by atoms with Gasteiger partial charge in [0.25, 0.3) is 0 Å². The van der Waals surface area contributed by atoms with Gasteiger partial charge >= 0.3 is 0 Å². The van der Waals surface area contributed by atoms with Gasteiger partial charge in [0.05, 0.1) is 10.8 Å². The zero-order chi connectivity index (χ0) is 28.5. The van der Waals surface area contributed by atoms with E-state index in [1.54, 1.807) is 0 Å². The average Bonchev–Trinajstić information content (AvgIpc) is 2.71. The Morgan fingerprint density at radius 3 is 1.05 bits per heavy atom. The van der Waals surface area contributed by atoms with Gasteiger partial charge in [-0.3, -0.25) is 9.59 Å². The molecule has 12 fully saturated rings. The quantitative estimate of drug-likeness (QED) is 0.370. The van der Waals surface area contributed by atoms with E-state index in [2.05, 4.69) is 45.3 Å². The maximum Gasteiger partial charge on any atom is 0.226 e. The normalized spacial score (nSPS) is 62.3. The molecule has 226 valence electrons. The lowest BCUT2D eigenvalue weighted by Crippen LogP contribution is -2.71. The van der Waals surface area contributed by atoms with Gasteiger partial charge in [-0.25, -0.2) is 0 Å². The Morgan fingerprint density at radius 2 is 0.732 bits per heavy atom. The van der Waals surface area contributed by atoms with Gasteiger partial charge in [0, 0.05) is 11.1 Å². The summed E-state index contributed by atoms with van der Waals surface area (Å²) >= 11 is 0. The first-order valence-electron chi connectivity index (χ1n) is 17.6. The first-order chi connectivity index (χ1) is 19.0. The van der Waals surface area contributed by atoms with Crippen molar-refractivity contribution in [2.24, 2.45) is 55.7 Å². The Balaban J connectivity index is 1.01. The van der Waals surface area contributed by atoms with Crippen LogP contribution >= 0.6 is 0 Å². The third-order valence-electron chi connectivity index (χ3n) is 15.3. The van der Waals surface area contributed by atoms with Crippen LogP contribution in [-0.4, -0.2) is 22.9 Å². The molecule has 0 aromatic carbocycles. The molecule has 0 spiro atoms. The minimum Gasteiger partial charge on any atom is -0.350 e. The summed E-state index contributed by atoms with van der Waals surface area (Å²) in [4.78, 5) is 29.5. The molecule has 2 amide bonds. The van der Waals surface area contributed by atoms with Crippen LogP contribution in [0.15, 0.2) is 0 Å². The monoisotopic (exact) mass is 560 g/mol. The average molecular weight is 561 g/mol. The number of nitrogens with one attached hydrogen (secondary N) is 2. The van der Waals surface area contributed by atoms with Gasteiger partial charge < -0.3 is 10.6 Å². The minimum atomic E-state index is -0.351. The summed E-state index contributed by atoms with van der Waals surface area (Å²) in [5.74, 6) is 2.75. The van der Waals surface area contributed by atoms with Crippen molar-refractivity contribution in [1.29, 1.82) is 0 Å². The van der Waals surface area contributed by atoms with Crippen LogP contribution in [0.3, 0.4) is 0 Å². The van der Waals surface area contributed by atoms with Crippen LogP contribution in [0.2, 0.25) is 0 Å². The summed E-state index contributed by atoms with van der Waals surface area (Å²) in [5.41, 5.74) is 0.956. The molecule has 0 heterocycles. The summed E-state index contributed by atoms with van der Waals surface area (Å²) in [6.45, 7) is 12.5. The Bertz CT molecular complexity index is 1130. The van der Waals surface area contributed by atoms with Crippen molar-refractivity contribution in [3.63, 3.8) is 0 Å². The zero-order valence-electron chi connectivity index (χ0n) is 26.8. The van der Waals surface area contributed by atoms with Gasteiger partial charge in [-0.05, 0) is 160 Å². The molecule has 12 saturated carbocycles. The summed E-state index contributed by atoms with van der Waals surface area (Å²) in [5, 5.41) is 7.74. The van der Waals surface area contributed by atoms with Gasteiger partial charge in [0.2, 0.25) is 11.8 Å². The van der Waals surface area contributed by atoms with Crippen LogP contribution in [0.5, 0.6) is 0 Å². The van der Waals surface area contributed by atoms with Crippen molar-refractivity contribution in [3.05, 3.63) is 0 Å². The molecule has 12 aliphatic rings. The zero-order valence-corrected chi connectivity index (χ0v) is 26.8. The van der Waals surface area contributed by atoms with Crippen molar-refractivity contribution < 1.29 is 9.59 Å². The number of carbonyl (C=O) groups is 2. The van der Waals surface area contributed by atoms with Gasteiger partial charge in [-0.1, -0.05) is 34.6 Å². The predicted molar refractivity (Wildman–Crippen MR) is 161 cm³/mol. The molecule has 4 heteroatoms. The Hall–Kier alpha value is -1.06. The maximum atomic E-state index is 14.7. The molecule has 12 bridgehead atoms. The van der Waals surface area contributed by atoms with Gasteiger partial charge in [0.15, 0.2) is 0 Å². The van der Waals surface area contributed by atoms with Crippen LogP contribution in [0.25, 0.3) is 0 Å². The standard InChI is InChI=1S/C37H56N2O2/c1-29-6-24-7-30(2,15-29)20-36(13-24,19-29)38-27(40)34-11-26-10-33(5,17-34)18-35(12-26,23-34)28(41)39-37-14-25-8-31(3,21-37)16-32(4,9-25)22-37/h24-26H,6-23H2,1-5H3,(H,38,40)(H,39,41). The smallest absolute Gasteiger partial charge is 0.226 e. The Labute approximate surface area is 248 Å². The van der Waals surface area contributed by atoms with Crippen molar-refractivity contribution in [3.8, 4) is 0 Å². The molecule has 6 unspecified atom stereocenters. The summed E-state index contributed by atoms with van der Waals surface area (Å²) in [6, 6.07) is 0. The largest absolute Gasteiger partial charge is 0.350 e. The van der Waals surface area contributed by atoms with Crippen molar-refractivity contribution in [2.45, 2.75) is 161 Å². The lowest BCUT2D eigenvalue weighted by molar-refractivity contribution is -0.189. The maximum absolute atomic E-state index is 14.7. The molecule has 12 rings (SSSR count). The number of rotatable bonds is 4. The van der Waals surface area contributed by atoms with Crippen LogP contribution in [0.4, 0.5) is 0 Å². The fourth-order valence-corrected chi connectivity index (χ4v) is 17.3. The van der Waals surface area contributed by atoms with Crippen molar-refractivity contribution in [2.75, 3.05) is 0 Å². The molecule has 0 saturated heterocycles. The second-order valence-electron chi connectivity index (χ2n) is 21.1. The second-order valence-corrected chi connectivity index (χ2v) is 21.1. The second kappa shape index (κ2) is 7.25. The number of carbonyl (C=O) groups excluding carboxylic acids is 2. The molecule has 0 aliphatic heterocycles. The van der Waals surface area contributed by atoms with Crippen LogP contribution in [0.1, 0.15) is 150 Å². The number of amides is 2. The van der Waals surface area contributed by atoms with Crippen LogP contribution in [-0.2, 0) is 9.59 Å². The molecule has 4 nitrogen and oxygen atoms in total. The number of hydrogen-bond donors (Lipinski definition) is 2. The first kappa shape index (κ1) is 26.4. The van der Waals surface area contributed by atoms with E-state index >= 15 is 0 Å². The van der Waals surface area contributed by atoms with E-state index in [1.807, 2.05) is 0 Å². The Morgan fingerprint density at radius 1 is 0.415 bits per heavy atom. The van der Waals surface area contributed by atoms with Crippen molar-refractivity contribution in [1.82, 2.24) is 10.6 Å². The third-order valence-corrected chi connectivity index (χ3v) is 15.3. The molecule has 2 N–H and O–H groups in total. The van der Waals surface area contributed by atoms with E-state index in [0.29, 0.717) is 39.4 Å². The molecule has 0 radical (unpaired) electrons. The predicted octanol–water partition coefficient (Wildman–Crippen LogP) is 7.69. The SMILES string of the molecule is CC12CC3CC(C)(C1)CC(NC(=O)C14CC5CC(C)(C1)CC(C(=O)NC16CC7CC(C)(CC(C)(C7)C1)C6)(C5)C4)(C3)C2. The van der Waals surface area contributed by atoms with E-state index in [4.69, 9.17) is 0 Å². The fraction of sp³-hybridized carbons (Fsp3) is 0.946. The first-order valence-corrected chi connectivity index (χ1v) is 17.6. The summed E-state index contributed by atoms with van der Waals surface area (Å²) < 4.78 is 0. The fourth-order valence-electron chi connectivity index (χ4n) is 17.3. The van der Waals surface area contributed by atoms with Gasteiger partial charge in [0.1, 0.15) is 0 Å². The van der Waals surface area contributed by atoms with E-state index in [0.717, 1.165) is 43.9 Å². The van der Waals surface area contributed by atoms with E-state index in [-0.39, 0.29) is 27.3 Å². The highest BCUT2D eigenvalue weighted by molar-refractivity contribution is 5.89. The minimum absolute atomic E-state index is 0.0102. The molecule has 12 aliphatic carbocycles. The lowest BCUT2D eigenvalue weighted by atomic mass is 9.38. The highest BCUT2D eigenvalue weighted by atomic mass is 16.2. The summed E-state index contributed by atoms with van der Waals surface area (Å²) in [6.07, 6.45) is 21.2. The van der Waals surface area contributed by atoms with Gasteiger partial charge in [-0.2, -0.15) is 0 Å². The Kier molecular flexibility index (Phi) is 4.66. The number of hydrogen-bond acceptors (Lipinski definition) is 2. The molecule has 0 aromatic rings. The van der Waals surface area contributed by atoms with E-state index in [9.17, 15) is 9.59 Å². The van der Waals surface area contributed by atoms with E-state index < -0.39 is 0 Å². The molecule has 0 aromatic heterocycles. The highest BCUT2D eigenvalue weighted by Crippen LogP contribution is 2.72. The summed E-state index contributed by atoms with van der Waals surface area (Å²) in [7, 11) is 0. The van der Waals surface area contributed by atoms with Gasteiger partial charge in [-0.15, -0.1) is 0 Å². The van der Waals surface area contributed by atoms with Crippen LogP contribution < -0.4 is 10.6 Å². The van der Waals surface area contributed by atoms with E-state index in [1.165, 1.54) is 83.5 Å². The topological polar surface area (TPSA) is 58.2 Å². The van der Waals surface area contributed by atoms with Crippen LogP contribution in [0, 0.1) is 55.7 Å².